The van der Waals surface area contributed by atoms with Crippen LogP contribution in [0, 0.1) is 6.92 Å². The molecule has 5 heteroatoms. The zero-order valence-corrected chi connectivity index (χ0v) is 9.38. The Kier molecular flexibility index (Phi) is 2.92. The van der Waals surface area contributed by atoms with Crippen molar-refractivity contribution in [3.05, 3.63) is 46.7 Å². The Balaban J connectivity index is 2.18. The van der Waals surface area contributed by atoms with Gasteiger partial charge in [-0.1, -0.05) is 17.7 Å². The molecule has 0 unspecified atom stereocenters. The van der Waals surface area contributed by atoms with Gasteiger partial charge in [0.05, 0.1) is 10.7 Å². The van der Waals surface area contributed by atoms with Crippen LogP contribution in [0.1, 0.15) is 16.1 Å². The van der Waals surface area contributed by atoms with E-state index in [4.69, 9.17) is 11.6 Å². The third kappa shape index (κ3) is 2.23. The summed E-state index contributed by atoms with van der Waals surface area (Å²) in [6.45, 7) is 1.94. The molecule has 0 aliphatic rings. The fourth-order valence-corrected chi connectivity index (χ4v) is 1.58. The van der Waals surface area contributed by atoms with Gasteiger partial charge in [0, 0.05) is 6.20 Å². The SMILES string of the molecule is Cc1ccc(NC(=O)c2ccn[nH]2)c(Cl)c1. The van der Waals surface area contributed by atoms with Gasteiger partial charge in [0.1, 0.15) is 5.69 Å². The van der Waals surface area contributed by atoms with Gasteiger partial charge in [0.2, 0.25) is 0 Å². The van der Waals surface area contributed by atoms with E-state index < -0.39 is 0 Å². The van der Waals surface area contributed by atoms with Crippen LogP contribution in [0.2, 0.25) is 5.02 Å². The Hall–Kier alpha value is -1.81. The van der Waals surface area contributed by atoms with Crippen molar-refractivity contribution in [3.63, 3.8) is 0 Å². The van der Waals surface area contributed by atoms with Crippen LogP contribution in [0.3, 0.4) is 0 Å². The highest BCUT2D eigenvalue weighted by molar-refractivity contribution is 6.34. The van der Waals surface area contributed by atoms with Gasteiger partial charge >= 0.3 is 0 Å². The molecule has 82 valence electrons. The number of benzene rings is 1. The molecule has 0 saturated heterocycles. The van der Waals surface area contributed by atoms with E-state index in [-0.39, 0.29) is 5.91 Å². The first-order chi connectivity index (χ1) is 7.66. The average molecular weight is 236 g/mol. The molecule has 16 heavy (non-hydrogen) atoms. The first-order valence-corrected chi connectivity index (χ1v) is 5.11. The summed E-state index contributed by atoms with van der Waals surface area (Å²) < 4.78 is 0. The lowest BCUT2D eigenvalue weighted by Gasteiger charge is -2.06. The summed E-state index contributed by atoms with van der Waals surface area (Å²) in [5.74, 6) is -0.261. The first-order valence-electron chi connectivity index (χ1n) is 4.73. The number of nitrogens with one attached hydrogen (secondary N) is 2. The van der Waals surface area contributed by atoms with E-state index in [0.29, 0.717) is 16.4 Å². The molecule has 0 aliphatic heterocycles. The van der Waals surface area contributed by atoms with Crippen molar-refractivity contribution in [2.45, 2.75) is 6.92 Å². The van der Waals surface area contributed by atoms with Gasteiger partial charge in [-0.15, -0.1) is 0 Å². The number of H-pyrrole nitrogens is 1. The number of hydrogen-bond acceptors (Lipinski definition) is 2. The first kappa shape index (κ1) is 10.7. The van der Waals surface area contributed by atoms with E-state index >= 15 is 0 Å². The third-order valence-electron chi connectivity index (χ3n) is 2.12. The van der Waals surface area contributed by atoms with E-state index in [0.717, 1.165) is 5.56 Å². The predicted molar refractivity (Wildman–Crippen MR) is 62.7 cm³/mol. The van der Waals surface area contributed by atoms with E-state index in [1.807, 2.05) is 13.0 Å². The molecule has 0 bridgehead atoms. The van der Waals surface area contributed by atoms with Crippen molar-refractivity contribution in [1.29, 1.82) is 0 Å². The van der Waals surface area contributed by atoms with Crippen molar-refractivity contribution in [1.82, 2.24) is 10.2 Å². The summed E-state index contributed by atoms with van der Waals surface area (Å²) in [6.07, 6.45) is 1.52. The normalized spacial score (nSPS) is 10.1. The Morgan fingerprint density at radius 2 is 2.25 bits per heavy atom. The maximum absolute atomic E-state index is 11.7. The molecular formula is C11H10ClN3O. The van der Waals surface area contributed by atoms with E-state index in [9.17, 15) is 4.79 Å². The second-order valence-corrected chi connectivity index (χ2v) is 3.81. The van der Waals surface area contributed by atoms with Crippen LogP contribution in [0.15, 0.2) is 30.5 Å². The topological polar surface area (TPSA) is 57.8 Å². The fourth-order valence-electron chi connectivity index (χ4n) is 1.29. The Labute approximate surface area is 97.6 Å². The van der Waals surface area contributed by atoms with Gasteiger partial charge < -0.3 is 5.32 Å². The second kappa shape index (κ2) is 4.37. The standard InChI is InChI=1S/C11H10ClN3O/c1-7-2-3-9(8(12)6-7)14-11(16)10-4-5-13-15-10/h2-6H,1H3,(H,13,15)(H,14,16). The molecule has 1 heterocycles. The second-order valence-electron chi connectivity index (χ2n) is 3.41. The van der Waals surface area contributed by atoms with Crippen LogP contribution < -0.4 is 5.32 Å². The lowest BCUT2D eigenvalue weighted by molar-refractivity contribution is 0.102. The Morgan fingerprint density at radius 1 is 1.44 bits per heavy atom. The highest BCUT2D eigenvalue weighted by Gasteiger charge is 2.09. The molecule has 0 spiro atoms. The molecule has 0 radical (unpaired) electrons. The summed E-state index contributed by atoms with van der Waals surface area (Å²) >= 11 is 5.99. The number of hydrogen-bond donors (Lipinski definition) is 2. The highest BCUT2D eigenvalue weighted by Crippen LogP contribution is 2.22. The van der Waals surface area contributed by atoms with Gasteiger partial charge in [-0.2, -0.15) is 5.10 Å². The van der Waals surface area contributed by atoms with Gasteiger partial charge in [-0.05, 0) is 30.7 Å². The maximum atomic E-state index is 11.7. The quantitative estimate of drug-likeness (QED) is 0.841. The fraction of sp³-hybridized carbons (Fsp3) is 0.0909. The van der Waals surface area contributed by atoms with E-state index in [1.165, 1.54) is 6.20 Å². The van der Waals surface area contributed by atoms with Crippen LogP contribution >= 0.6 is 11.6 Å². The number of carbonyl (C=O) groups is 1. The Bertz CT molecular complexity index is 508. The molecular weight excluding hydrogens is 226 g/mol. The lowest BCUT2D eigenvalue weighted by atomic mass is 10.2. The number of carbonyl (C=O) groups excluding carboxylic acids is 1. The van der Waals surface area contributed by atoms with Crippen molar-refractivity contribution >= 4 is 23.2 Å². The number of halogens is 1. The summed E-state index contributed by atoms with van der Waals surface area (Å²) in [6, 6.07) is 7.04. The van der Waals surface area contributed by atoms with Gasteiger partial charge in [-0.3, -0.25) is 9.89 Å². The van der Waals surface area contributed by atoms with Gasteiger partial charge in [0.25, 0.3) is 5.91 Å². The number of amides is 1. The number of aromatic nitrogens is 2. The smallest absolute Gasteiger partial charge is 0.273 e. The molecule has 1 aromatic heterocycles. The third-order valence-corrected chi connectivity index (χ3v) is 2.43. The van der Waals surface area contributed by atoms with Crippen LogP contribution in [-0.2, 0) is 0 Å². The molecule has 2 N–H and O–H groups in total. The van der Waals surface area contributed by atoms with E-state index in [2.05, 4.69) is 15.5 Å². The zero-order valence-electron chi connectivity index (χ0n) is 8.62. The molecule has 0 atom stereocenters. The summed E-state index contributed by atoms with van der Waals surface area (Å²) in [7, 11) is 0. The van der Waals surface area contributed by atoms with Crippen molar-refractivity contribution < 1.29 is 4.79 Å². The van der Waals surface area contributed by atoms with Crippen molar-refractivity contribution in [2.75, 3.05) is 5.32 Å². The largest absolute Gasteiger partial charge is 0.319 e. The van der Waals surface area contributed by atoms with Crippen LogP contribution in [-0.4, -0.2) is 16.1 Å². The van der Waals surface area contributed by atoms with Gasteiger partial charge in [0.15, 0.2) is 0 Å². The summed E-state index contributed by atoms with van der Waals surface area (Å²) in [5.41, 5.74) is 2.04. The summed E-state index contributed by atoms with van der Waals surface area (Å²) in [5, 5.41) is 9.50. The van der Waals surface area contributed by atoms with Crippen molar-refractivity contribution in [2.24, 2.45) is 0 Å². The predicted octanol–water partition coefficient (Wildman–Crippen LogP) is 2.62. The molecule has 0 saturated carbocycles. The number of rotatable bonds is 2. The molecule has 2 rings (SSSR count). The average Bonchev–Trinajstić information content (AvgIpc) is 2.75. The molecule has 0 fully saturated rings. The molecule has 1 aromatic carbocycles. The number of aryl methyl sites for hydroxylation is 1. The van der Waals surface area contributed by atoms with Crippen LogP contribution in [0.25, 0.3) is 0 Å². The van der Waals surface area contributed by atoms with Gasteiger partial charge in [-0.25, -0.2) is 0 Å². The number of nitrogens with zero attached hydrogens (tertiary/aromatic N) is 1. The molecule has 0 aliphatic carbocycles. The number of anilines is 1. The molecule has 4 nitrogen and oxygen atoms in total. The van der Waals surface area contributed by atoms with Crippen LogP contribution in [0.5, 0.6) is 0 Å². The number of aromatic amines is 1. The van der Waals surface area contributed by atoms with E-state index in [1.54, 1.807) is 18.2 Å². The highest BCUT2D eigenvalue weighted by atomic mass is 35.5. The van der Waals surface area contributed by atoms with Crippen molar-refractivity contribution in [3.8, 4) is 0 Å². The van der Waals surface area contributed by atoms with Crippen LogP contribution in [0.4, 0.5) is 5.69 Å². The Morgan fingerprint density at radius 3 is 2.88 bits per heavy atom. The minimum atomic E-state index is -0.261. The monoisotopic (exact) mass is 235 g/mol. The minimum absolute atomic E-state index is 0.261. The summed E-state index contributed by atoms with van der Waals surface area (Å²) in [4.78, 5) is 11.7. The zero-order chi connectivity index (χ0) is 11.5. The lowest BCUT2D eigenvalue weighted by Crippen LogP contribution is -2.12. The maximum Gasteiger partial charge on any atom is 0.273 e. The molecule has 2 aromatic rings. The molecule has 1 amide bonds. The minimum Gasteiger partial charge on any atom is -0.319 e.